The van der Waals surface area contributed by atoms with Crippen LogP contribution in [0.3, 0.4) is 0 Å². The topological polar surface area (TPSA) is 12.5 Å². The Morgan fingerprint density at radius 2 is 1.82 bits per heavy atom. The van der Waals surface area contributed by atoms with E-state index in [1.54, 1.807) is 0 Å². The largest absolute Gasteiger partial charge is 0.458 e. The molecule has 0 aromatic heterocycles. The Morgan fingerprint density at radius 3 is 2.45 bits per heavy atom. The lowest BCUT2D eigenvalue weighted by Crippen LogP contribution is -2.25. The highest BCUT2D eigenvalue weighted by Crippen LogP contribution is 2.41. The molecule has 0 fully saturated rings. The molecule has 2 aromatic rings. The predicted molar refractivity (Wildman–Crippen MR) is 93.6 cm³/mol. The molecule has 1 heterocycles. The zero-order valence-corrected chi connectivity index (χ0v) is 14.6. The van der Waals surface area contributed by atoms with Crippen molar-refractivity contribution in [3.8, 4) is 0 Å². The molecule has 0 aliphatic carbocycles. The van der Waals surface area contributed by atoms with Gasteiger partial charge in [0.1, 0.15) is 0 Å². The van der Waals surface area contributed by atoms with Gasteiger partial charge < -0.3 is 9.64 Å². The first-order valence-electron chi connectivity index (χ1n) is 7.31. The normalized spacial score (nSPS) is 18.8. The standard InChI is InChI=1S/C18H17BrClNO/c1-2-16(13-6-4-3-5-7-13)21-12-17(19)22-18(21)14-8-10-15(20)11-9-14/h3-12,16,18H,2H2,1H3. The first kappa shape index (κ1) is 15.4. The van der Waals surface area contributed by atoms with E-state index in [2.05, 4.69) is 52.0 Å². The Balaban J connectivity index is 1.93. The Hall–Kier alpha value is -1.45. The molecule has 1 aliphatic heterocycles. The Bertz CT molecular complexity index is 657. The van der Waals surface area contributed by atoms with Gasteiger partial charge in [0.15, 0.2) is 10.9 Å². The van der Waals surface area contributed by atoms with Gasteiger partial charge in [-0.2, -0.15) is 0 Å². The zero-order valence-electron chi connectivity index (χ0n) is 12.2. The van der Waals surface area contributed by atoms with Gasteiger partial charge in [-0.3, -0.25) is 0 Å². The van der Waals surface area contributed by atoms with E-state index in [4.69, 9.17) is 16.3 Å². The number of rotatable bonds is 4. The monoisotopic (exact) mass is 377 g/mol. The van der Waals surface area contributed by atoms with Gasteiger partial charge in [0.05, 0.1) is 12.2 Å². The smallest absolute Gasteiger partial charge is 0.199 e. The third-order valence-corrected chi connectivity index (χ3v) is 4.48. The van der Waals surface area contributed by atoms with Crippen LogP contribution in [0.2, 0.25) is 5.02 Å². The van der Waals surface area contributed by atoms with Crippen molar-refractivity contribution < 1.29 is 4.74 Å². The van der Waals surface area contributed by atoms with Crippen molar-refractivity contribution >= 4 is 27.5 Å². The molecule has 2 unspecified atom stereocenters. The molecule has 2 atom stereocenters. The molecule has 0 amide bonds. The van der Waals surface area contributed by atoms with Crippen molar-refractivity contribution in [3.63, 3.8) is 0 Å². The Morgan fingerprint density at radius 1 is 1.14 bits per heavy atom. The fourth-order valence-corrected chi connectivity index (χ4v) is 3.34. The van der Waals surface area contributed by atoms with Gasteiger partial charge in [0.2, 0.25) is 0 Å². The number of ether oxygens (including phenoxy) is 1. The lowest BCUT2D eigenvalue weighted by Gasteiger charge is -2.32. The minimum Gasteiger partial charge on any atom is -0.458 e. The summed E-state index contributed by atoms with van der Waals surface area (Å²) >= 11 is 9.46. The van der Waals surface area contributed by atoms with Crippen LogP contribution in [0.15, 0.2) is 65.5 Å². The number of nitrogens with zero attached hydrogens (tertiary/aromatic N) is 1. The molecule has 0 spiro atoms. The van der Waals surface area contributed by atoms with Crippen molar-refractivity contribution in [2.45, 2.75) is 25.6 Å². The number of benzene rings is 2. The van der Waals surface area contributed by atoms with E-state index in [9.17, 15) is 0 Å². The van der Waals surface area contributed by atoms with Crippen LogP contribution < -0.4 is 0 Å². The summed E-state index contributed by atoms with van der Waals surface area (Å²) in [6, 6.07) is 18.6. The summed E-state index contributed by atoms with van der Waals surface area (Å²) < 4.78 is 6.72. The highest BCUT2D eigenvalue weighted by Gasteiger charge is 2.32. The lowest BCUT2D eigenvalue weighted by molar-refractivity contribution is 0.0262. The molecule has 3 rings (SSSR count). The fourth-order valence-electron chi connectivity index (χ4n) is 2.80. The molecule has 4 heteroatoms. The highest BCUT2D eigenvalue weighted by atomic mass is 79.9. The third-order valence-electron chi connectivity index (χ3n) is 3.83. The number of halogens is 2. The van der Waals surface area contributed by atoms with Gasteiger partial charge in [-0.1, -0.05) is 61.0 Å². The highest BCUT2D eigenvalue weighted by molar-refractivity contribution is 9.11. The van der Waals surface area contributed by atoms with E-state index in [0.29, 0.717) is 0 Å². The average molecular weight is 379 g/mol. The molecule has 0 N–H and O–H groups in total. The van der Waals surface area contributed by atoms with Crippen molar-refractivity contribution in [1.29, 1.82) is 0 Å². The van der Waals surface area contributed by atoms with Gasteiger partial charge in [-0.25, -0.2) is 0 Å². The van der Waals surface area contributed by atoms with Gasteiger partial charge >= 0.3 is 0 Å². The molecule has 114 valence electrons. The summed E-state index contributed by atoms with van der Waals surface area (Å²) in [4.78, 5) is 2.25. The Kier molecular flexibility index (Phi) is 4.74. The molecule has 0 saturated heterocycles. The zero-order chi connectivity index (χ0) is 15.5. The molecule has 0 radical (unpaired) electrons. The Labute approximate surface area is 144 Å². The minimum atomic E-state index is -0.142. The van der Waals surface area contributed by atoms with Crippen LogP contribution in [0.1, 0.15) is 36.7 Å². The van der Waals surface area contributed by atoms with Crippen LogP contribution in [0, 0.1) is 0 Å². The van der Waals surface area contributed by atoms with Crippen LogP contribution in [0.4, 0.5) is 0 Å². The van der Waals surface area contributed by atoms with Crippen molar-refractivity contribution in [3.05, 3.63) is 81.6 Å². The van der Waals surface area contributed by atoms with Gasteiger partial charge in [-0.15, -0.1) is 0 Å². The summed E-state index contributed by atoms with van der Waals surface area (Å²) in [5, 5.41) is 0.732. The molecule has 22 heavy (non-hydrogen) atoms. The van der Waals surface area contributed by atoms with E-state index in [0.717, 1.165) is 21.7 Å². The van der Waals surface area contributed by atoms with Crippen molar-refractivity contribution in [2.75, 3.05) is 0 Å². The van der Waals surface area contributed by atoms with Crippen molar-refractivity contribution in [1.82, 2.24) is 4.90 Å². The average Bonchev–Trinajstić information content (AvgIpc) is 2.91. The second kappa shape index (κ2) is 6.76. The summed E-state index contributed by atoms with van der Waals surface area (Å²) in [5.41, 5.74) is 2.37. The van der Waals surface area contributed by atoms with Crippen LogP contribution in [0.25, 0.3) is 0 Å². The number of hydrogen-bond acceptors (Lipinski definition) is 2. The second-order valence-corrected chi connectivity index (χ2v) is 6.45. The van der Waals surface area contributed by atoms with E-state index < -0.39 is 0 Å². The van der Waals surface area contributed by atoms with E-state index in [-0.39, 0.29) is 12.3 Å². The van der Waals surface area contributed by atoms with E-state index >= 15 is 0 Å². The predicted octanol–water partition coefficient (Wildman–Crippen LogP) is 6.02. The van der Waals surface area contributed by atoms with E-state index in [1.165, 1.54) is 5.56 Å². The van der Waals surface area contributed by atoms with E-state index in [1.807, 2.05) is 36.5 Å². The van der Waals surface area contributed by atoms with Crippen molar-refractivity contribution in [2.24, 2.45) is 0 Å². The first-order chi connectivity index (χ1) is 10.7. The SMILES string of the molecule is CCC(c1ccccc1)N1C=C(Br)OC1c1ccc(Cl)cc1. The van der Waals surface area contributed by atoms with Gasteiger partial charge in [0, 0.05) is 10.6 Å². The summed E-state index contributed by atoms with van der Waals surface area (Å²) in [6.07, 6.45) is 2.88. The maximum absolute atomic E-state index is 5.99. The molecular formula is C18H17BrClNO. The van der Waals surface area contributed by atoms with Gasteiger partial charge in [0.25, 0.3) is 0 Å². The lowest BCUT2D eigenvalue weighted by atomic mass is 10.0. The third kappa shape index (κ3) is 3.16. The molecule has 2 aromatic carbocycles. The van der Waals surface area contributed by atoms with Crippen LogP contribution >= 0.6 is 27.5 Å². The van der Waals surface area contributed by atoms with Crippen LogP contribution in [0.5, 0.6) is 0 Å². The van der Waals surface area contributed by atoms with Crippen LogP contribution in [-0.2, 0) is 4.74 Å². The summed E-state index contributed by atoms with van der Waals surface area (Å²) in [6.45, 7) is 2.19. The molecular weight excluding hydrogens is 362 g/mol. The first-order valence-corrected chi connectivity index (χ1v) is 8.48. The maximum atomic E-state index is 5.99. The fraction of sp³-hybridized carbons (Fsp3) is 0.222. The minimum absolute atomic E-state index is 0.142. The summed E-state index contributed by atoms with van der Waals surface area (Å²) in [7, 11) is 0. The number of hydrogen-bond donors (Lipinski definition) is 0. The second-order valence-electron chi connectivity index (χ2n) is 5.24. The molecule has 0 bridgehead atoms. The maximum Gasteiger partial charge on any atom is 0.199 e. The molecule has 1 aliphatic rings. The van der Waals surface area contributed by atoms with Crippen LogP contribution in [-0.4, -0.2) is 4.90 Å². The van der Waals surface area contributed by atoms with Gasteiger partial charge in [-0.05, 0) is 40.0 Å². The summed E-state index contributed by atoms with van der Waals surface area (Å²) in [5.74, 6) is 0. The quantitative estimate of drug-likeness (QED) is 0.645. The molecule has 0 saturated carbocycles. The molecule has 2 nitrogen and oxygen atoms in total.